The Hall–Kier alpha value is -3.66. The topological polar surface area (TPSA) is 32.3 Å². The summed E-state index contributed by atoms with van der Waals surface area (Å²) in [5.41, 5.74) is -0.178. The maximum absolute atomic E-state index is 13.6. The average molecular weight is 591 g/mol. The van der Waals surface area contributed by atoms with E-state index >= 15 is 0 Å². The minimum absolute atomic E-state index is 0.0129. The van der Waals surface area contributed by atoms with Gasteiger partial charge in [-0.2, -0.15) is 26.3 Å². The molecule has 1 aliphatic heterocycles. The standard InChI is InChI=1S/C32H29F7N2O/c33-26-7-5-22(6-8-26)27(10-14-41-15-12-30(13-16-41)11-9-23-3-1-2-4-28(23)30)29(42)40-20-21-17-24(31(34,35)36)19-25(18-21)32(37,38)39/h1-9,11,17-19,27H,10,12-16,20H2,(H,40,42)/t27-/m0/s1. The molecule has 2 aliphatic rings. The van der Waals surface area contributed by atoms with Crippen LogP contribution < -0.4 is 5.32 Å². The Morgan fingerprint density at radius 2 is 1.50 bits per heavy atom. The lowest BCUT2D eigenvalue weighted by atomic mass is 9.74. The number of nitrogens with one attached hydrogen (secondary N) is 1. The monoisotopic (exact) mass is 590 g/mol. The molecular weight excluding hydrogens is 561 g/mol. The number of halogens is 7. The minimum Gasteiger partial charge on any atom is -0.351 e. The van der Waals surface area contributed by atoms with Gasteiger partial charge in [-0.05, 0) is 91.5 Å². The van der Waals surface area contributed by atoms with Gasteiger partial charge < -0.3 is 10.2 Å². The molecule has 1 atom stereocenters. The molecule has 1 amide bonds. The van der Waals surface area contributed by atoms with Gasteiger partial charge in [0, 0.05) is 12.0 Å². The first-order valence-corrected chi connectivity index (χ1v) is 13.7. The van der Waals surface area contributed by atoms with E-state index in [1.165, 1.54) is 35.4 Å². The number of hydrogen-bond acceptors (Lipinski definition) is 2. The Balaban J connectivity index is 1.27. The van der Waals surface area contributed by atoms with Gasteiger partial charge in [0.2, 0.25) is 5.91 Å². The maximum atomic E-state index is 13.6. The van der Waals surface area contributed by atoms with Gasteiger partial charge in [0.25, 0.3) is 0 Å². The highest BCUT2D eigenvalue weighted by Crippen LogP contribution is 2.43. The van der Waals surface area contributed by atoms with E-state index in [4.69, 9.17) is 0 Å². The molecule has 1 spiro atoms. The molecule has 1 saturated heterocycles. The molecule has 42 heavy (non-hydrogen) atoms. The van der Waals surface area contributed by atoms with Crippen LogP contribution >= 0.6 is 0 Å². The van der Waals surface area contributed by atoms with Crippen LogP contribution in [-0.2, 0) is 29.1 Å². The molecule has 0 aromatic heterocycles. The van der Waals surface area contributed by atoms with E-state index < -0.39 is 47.7 Å². The number of hydrogen-bond donors (Lipinski definition) is 1. The van der Waals surface area contributed by atoms with Crippen molar-refractivity contribution in [3.8, 4) is 0 Å². The Morgan fingerprint density at radius 1 is 0.881 bits per heavy atom. The number of likely N-dealkylation sites (tertiary alicyclic amines) is 1. The van der Waals surface area contributed by atoms with Gasteiger partial charge in [-0.15, -0.1) is 0 Å². The van der Waals surface area contributed by atoms with Gasteiger partial charge in [0.15, 0.2) is 0 Å². The lowest BCUT2D eigenvalue weighted by Gasteiger charge is -2.39. The van der Waals surface area contributed by atoms with E-state index in [1.807, 2.05) is 12.1 Å². The second-order valence-electron chi connectivity index (χ2n) is 10.9. The third-order valence-corrected chi connectivity index (χ3v) is 8.26. The highest BCUT2D eigenvalue weighted by molar-refractivity contribution is 5.83. The highest BCUT2D eigenvalue weighted by Gasteiger charge is 2.39. The zero-order chi connectivity index (χ0) is 30.1. The molecule has 0 bridgehead atoms. The Kier molecular flexibility index (Phi) is 8.20. The average Bonchev–Trinajstić information content (AvgIpc) is 3.31. The number of carbonyl (C=O) groups excluding carboxylic acids is 1. The van der Waals surface area contributed by atoms with Crippen LogP contribution in [0, 0.1) is 5.82 Å². The van der Waals surface area contributed by atoms with E-state index in [-0.39, 0.29) is 17.0 Å². The van der Waals surface area contributed by atoms with Crippen molar-refractivity contribution in [2.75, 3.05) is 19.6 Å². The predicted octanol–water partition coefficient (Wildman–Crippen LogP) is 7.71. The second-order valence-corrected chi connectivity index (χ2v) is 10.9. The summed E-state index contributed by atoms with van der Waals surface area (Å²) in [7, 11) is 0. The molecule has 0 unspecified atom stereocenters. The third kappa shape index (κ3) is 6.53. The van der Waals surface area contributed by atoms with Gasteiger partial charge >= 0.3 is 12.4 Å². The SMILES string of the molecule is O=C(NCc1cc(C(F)(F)F)cc(C(F)(F)F)c1)[C@@H](CCN1CCC2(C=Cc3ccccc32)CC1)c1ccc(F)cc1. The van der Waals surface area contributed by atoms with Crippen LogP contribution in [0.3, 0.4) is 0 Å². The molecule has 0 radical (unpaired) electrons. The first-order chi connectivity index (χ1) is 19.8. The Labute approximate surface area is 239 Å². The van der Waals surface area contributed by atoms with Crippen LogP contribution in [0.25, 0.3) is 6.08 Å². The van der Waals surface area contributed by atoms with Crippen LogP contribution in [0.4, 0.5) is 30.7 Å². The minimum atomic E-state index is -4.99. The molecule has 3 nitrogen and oxygen atoms in total. The molecule has 10 heteroatoms. The molecule has 3 aromatic rings. The summed E-state index contributed by atoms with van der Waals surface area (Å²) in [6.07, 6.45) is -3.40. The van der Waals surface area contributed by atoms with Crippen molar-refractivity contribution in [1.82, 2.24) is 10.2 Å². The van der Waals surface area contributed by atoms with E-state index in [0.29, 0.717) is 30.7 Å². The number of benzene rings is 3. The third-order valence-electron chi connectivity index (χ3n) is 8.26. The van der Waals surface area contributed by atoms with Gasteiger partial charge in [-0.1, -0.05) is 48.6 Å². The summed E-state index contributed by atoms with van der Waals surface area (Å²) < 4.78 is 93.2. The van der Waals surface area contributed by atoms with Crippen molar-refractivity contribution in [3.05, 3.63) is 112 Å². The van der Waals surface area contributed by atoms with Crippen molar-refractivity contribution < 1.29 is 35.5 Å². The number of allylic oxidation sites excluding steroid dienone is 1. The predicted molar refractivity (Wildman–Crippen MR) is 145 cm³/mol. The van der Waals surface area contributed by atoms with E-state index in [9.17, 15) is 35.5 Å². The van der Waals surface area contributed by atoms with Crippen molar-refractivity contribution in [3.63, 3.8) is 0 Å². The van der Waals surface area contributed by atoms with E-state index in [2.05, 4.69) is 34.5 Å². The fraction of sp³-hybridized carbons (Fsp3) is 0.344. The van der Waals surface area contributed by atoms with Crippen molar-refractivity contribution >= 4 is 12.0 Å². The van der Waals surface area contributed by atoms with Gasteiger partial charge in [-0.3, -0.25) is 4.79 Å². The number of nitrogens with zero attached hydrogens (tertiary/aromatic N) is 1. The Bertz CT molecular complexity index is 1420. The van der Waals surface area contributed by atoms with E-state index in [0.717, 1.165) is 25.9 Å². The van der Waals surface area contributed by atoms with Gasteiger partial charge in [0.1, 0.15) is 5.82 Å². The first-order valence-electron chi connectivity index (χ1n) is 13.7. The zero-order valence-electron chi connectivity index (χ0n) is 22.5. The van der Waals surface area contributed by atoms with E-state index in [1.54, 1.807) is 0 Å². The molecule has 3 aromatic carbocycles. The Morgan fingerprint density at radius 3 is 2.12 bits per heavy atom. The van der Waals surface area contributed by atoms with Crippen molar-refractivity contribution in [2.45, 2.75) is 49.5 Å². The number of alkyl halides is 6. The smallest absolute Gasteiger partial charge is 0.351 e. The van der Waals surface area contributed by atoms with Crippen LogP contribution in [-0.4, -0.2) is 30.4 Å². The second kappa shape index (κ2) is 11.6. The lowest BCUT2D eigenvalue weighted by molar-refractivity contribution is -0.143. The summed E-state index contributed by atoms with van der Waals surface area (Å²) >= 11 is 0. The van der Waals surface area contributed by atoms with Gasteiger partial charge in [-0.25, -0.2) is 4.39 Å². The lowest BCUT2D eigenvalue weighted by Crippen LogP contribution is -2.42. The molecule has 1 N–H and O–H groups in total. The van der Waals surface area contributed by atoms with Crippen LogP contribution in [0.5, 0.6) is 0 Å². The van der Waals surface area contributed by atoms with Crippen LogP contribution in [0.2, 0.25) is 0 Å². The molecule has 1 fully saturated rings. The fourth-order valence-electron chi connectivity index (χ4n) is 5.94. The summed E-state index contributed by atoms with van der Waals surface area (Å²) in [5.74, 6) is -1.83. The zero-order valence-corrected chi connectivity index (χ0v) is 22.5. The van der Waals surface area contributed by atoms with Crippen LogP contribution in [0.15, 0.2) is 72.8 Å². The summed E-state index contributed by atoms with van der Waals surface area (Å²) in [6, 6.07) is 14.9. The van der Waals surface area contributed by atoms with Crippen molar-refractivity contribution in [1.29, 1.82) is 0 Å². The molecule has 222 valence electrons. The summed E-state index contributed by atoms with van der Waals surface area (Å²) in [5, 5.41) is 2.51. The number of rotatable bonds is 7. The van der Waals surface area contributed by atoms with Gasteiger partial charge in [0.05, 0.1) is 17.0 Å². The highest BCUT2D eigenvalue weighted by atomic mass is 19.4. The summed E-state index contributed by atoms with van der Waals surface area (Å²) in [6.45, 7) is 1.60. The fourth-order valence-corrected chi connectivity index (χ4v) is 5.94. The molecule has 1 heterocycles. The maximum Gasteiger partial charge on any atom is 0.416 e. The number of carbonyl (C=O) groups is 1. The number of amides is 1. The molecule has 5 rings (SSSR count). The molecular formula is C32H29F7N2O. The van der Waals surface area contributed by atoms with Crippen molar-refractivity contribution in [2.24, 2.45) is 0 Å². The summed E-state index contributed by atoms with van der Waals surface area (Å²) in [4.78, 5) is 15.5. The van der Waals surface area contributed by atoms with Crippen LogP contribution in [0.1, 0.15) is 58.6 Å². The number of piperidine rings is 1. The quantitative estimate of drug-likeness (QED) is 0.286. The molecule has 0 saturated carbocycles. The largest absolute Gasteiger partial charge is 0.416 e. The number of fused-ring (bicyclic) bond motifs is 2. The first kappa shape index (κ1) is 29.8. The normalized spacial score (nSPS) is 17.3. The molecule has 1 aliphatic carbocycles.